The smallest absolute Gasteiger partial charge is 0.148 e. The second kappa shape index (κ2) is 7.16. The van der Waals surface area contributed by atoms with Crippen molar-refractivity contribution in [2.75, 3.05) is 23.4 Å². The summed E-state index contributed by atoms with van der Waals surface area (Å²) in [7, 11) is 0. The summed E-state index contributed by atoms with van der Waals surface area (Å²) in [6.45, 7) is 10.5. The van der Waals surface area contributed by atoms with Crippen LogP contribution in [0, 0.1) is 6.92 Å². The van der Waals surface area contributed by atoms with Gasteiger partial charge in [-0.05, 0) is 19.8 Å². The summed E-state index contributed by atoms with van der Waals surface area (Å²) < 4.78 is 0. The van der Waals surface area contributed by atoms with E-state index >= 15 is 0 Å². The van der Waals surface area contributed by atoms with Gasteiger partial charge >= 0.3 is 0 Å². The van der Waals surface area contributed by atoms with E-state index in [9.17, 15) is 0 Å². The zero-order chi connectivity index (χ0) is 13.5. The number of nitrogen functional groups attached to an aromatic ring is 1. The molecule has 5 heteroatoms. The minimum atomic E-state index is 0.731. The average Bonchev–Trinajstić information content (AvgIpc) is 2.39. The molecule has 0 bridgehead atoms. The highest BCUT2D eigenvalue weighted by atomic mass is 15.3. The third-order valence-corrected chi connectivity index (χ3v) is 2.91. The van der Waals surface area contributed by atoms with E-state index in [1.165, 1.54) is 0 Å². The van der Waals surface area contributed by atoms with Crippen LogP contribution in [-0.4, -0.2) is 23.1 Å². The quantitative estimate of drug-likeness (QED) is 0.575. The Labute approximate surface area is 110 Å². The Balaban J connectivity index is 3.17. The first-order valence-electron chi connectivity index (χ1n) is 6.76. The molecule has 102 valence electrons. The molecule has 1 heterocycles. The lowest BCUT2D eigenvalue weighted by molar-refractivity contribution is 0.724. The normalized spacial score (nSPS) is 10.5. The van der Waals surface area contributed by atoms with E-state index in [4.69, 9.17) is 5.84 Å². The van der Waals surface area contributed by atoms with Gasteiger partial charge in [0.15, 0.2) is 0 Å². The third kappa shape index (κ3) is 3.32. The maximum Gasteiger partial charge on any atom is 0.148 e. The SMILES string of the molecule is CCCN(CCC)c1nc(CC)nc(NN)c1C. The van der Waals surface area contributed by atoms with Crippen LogP contribution in [0.15, 0.2) is 0 Å². The standard InChI is InChI=1S/C13H25N5/c1-5-8-18(9-6-2)13-10(4)12(17-14)15-11(7-3)16-13/h5-9,14H2,1-4H3,(H,15,16,17). The molecule has 1 rings (SSSR count). The fraction of sp³-hybridized carbons (Fsp3) is 0.692. The zero-order valence-electron chi connectivity index (χ0n) is 12.0. The van der Waals surface area contributed by atoms with Crippen LogP contribution < -0.4 is 16.2 Å². The molecule has 0 amide bonds. The van der Waals surface area contributed by atoms with E-state index < -0.39 is 0 Å². The summed E-state index contributed by atoms with van der Waals surface area (Å²) in [6.07, 6.45) is 3.03. The highest BCUT2D eigenvalue weighted by Crippen LogP contribution is 2.23. The fourth-order valence-corrected chi connectivity index (χ4v) is 2.02. The number of rotatable bonds is 7. The van der Waals surface area contributed by atoms with Crippen molar-refractivity contribution in [2.45, 2.75) is 47.0 Å². The largest absolute Gasteiger partial charge is 0.356 e. The molecule has 0 aliphatic carbocycles. The molecule has 0 spiro atoms. The molecule has 0 saturated carbocycles. The Bertz CT molecular complexity index is 372. The van der Waals surface area contributed by atoms with Crippen LogP contribution in [0.2, 0.25) is 0 Å². The van der Waals surface area contributed by atoms with Gasteiger partial charge in [0.1, 0.15) is 17.5 Å². The Hall–Kier alpha value is -1.36. The minimum Gasteiger partial charge on any atom is -0.356 e. The van der Waals surface area contributed by atoms with Gasteiger partial charge in [0.25, 0.3) is 0 Å². The van der Waals surface area contributed by atoms with Crippen LogP contribution >= 0.6 is 0 Å². The summed E-state index contributed by atoms with van der Waals surface area (Å²) in [5.74, 6) is 8.11. The van der Waals surface area contributed by atoms with Crippen molar-refractivity contribution in [3.63, 3.8) is 0 Å². The molecule has 0 saturated heterocycles. The van der Waals surface area contributed by atoms with Crippen molar-refractivity contribution in [1.29, 1.82) is 0 Å². The lowest BCUT2D eigenvalue weighted by Crippen LogP contribution is -2.28. The molecule has 0 aliphatic heterocycles. The van der Waals surface area contributed by atoms with Gasteiger partial charge < -0.3 is 10.3 Å². The summed E-state index contributed by atoms with van der Waals surface area (Å²) in [5.41, 5.74) is 3.70. The molecule has 0 atom stereocenters. The van der Waals surface area contributed by atoms with Gasteiger partial charge in [0.2, 0.25) is 0 Å². The van der Waals surface area contributed by atoms with E-state index in [-0.39, 0.29) is 0 Å². The Morgan fingerprint density at radius 2 is 1.72 bits per heavy atom. The van der Waals surface area contributed by atoms with E-state index in [0.717, 1.165) is 55.4 Å². The molecule has 18 heavy (non-hydrogen) atoms. The monoisotopic (exact) mass is 251 g/mol. The Morgan fingerprint density at radius 1 is 1.11 bits per heavy atom. The second-order valence-corrected chi connectivity index (χ2v) is 4.42. The molecule has 0 aliphatic rings. The lowest BCUT2D eigenvalue weighted by Gasteiger charge is -2.25. The number of nitrogens with two attached hydrogens (primary N) is 1. The fourth-order valence-electron chi connectivity index (χ4n) is 2.02. The van der Waals surface area contributed by atoms with Gasteiger partial charge in [0.05, 0.1) is 0 Å². The molecular formula is C13H25N5. The first-order chi connectivity index (χ1) is 8.67. The number of hydrazine groups is 1. The highest BCUT2D eigenvalue weighted by Gasteiger charge is 2.14. The molecule has 5 nitrogen and oxygen atoms in total. The molecule has 1 aromatic heterocycles. The number of nitrogens with zero attached hydrogens (tertiary/aromatic N) is 3. The van der Waals surface area contributed by atoms with Crippen LogP contribution in [-0.2, 0) is 6.42 Å². The Kier molecular flexibility index (Phi) is 5.85. The summed E-state index contributed by atoms with van der Waals surface area (Å²) in [5, 5.41) is 0. The molecule has 0 aromatic carbocycles. The highest BCUT2D eigenvalue weighted by molar-refractivity contribution is 5.58. The van der Waals surface area contributed by atoms with E-state index in [0.29, 0.717) is 0 Å². The predicted octanol–water partition coefficient (Wildman–Crippen LogP) is 2.26. The Morgan fingerprint density at radius 3 is 2.17 bits per heavy atom. The van der Waals surface area contributed by atoms with Crippen LogP contribution in [0.3, 0.4) is 0 Å². The van der Waals surface area contributed by atoms with Crippen molar-refractivity contribution in [2.24, 2.45) is 5.84 Å². The van der Waals surface area contributed by atoms with Gasteiger partial charge in [-0.25, -0.2) is 15.8 Å². The van der Waals surface area contributed by atoms with E-state index in [2.05, 4.69) is 41.1 Å². The summed E-state index contributed by atoms with van der Waals surface area (Å²) >= 11 is 0. The van der Waals surface area contributed by atoms with E-state index in [1.54, 1.807) is 0 Å². The number of hydrogen-bond acceptors (Lipinski definition) is 5. The molecule has 0 radical (unpaired) electrons. The van der Waals surface area contributed by atoms with Crippen molar-refractivity contribution >= 4 is 11.6 Å². The second-order valence-electron chi connectivity index (χ2n) is 4.42. The van der Waals surface area contributed by atoms with Crippen LogP contribution in [0.1, 0.15) is 45.0 Å². The molecular weight excluding hydrogens is 226 g/mol. The maximum absolute atomic E-state index is 5.53. The van der Waals surface area contributed by atoms with Gasteiger partial charge in [-0.3, -0.25) is 0 Å². The summed E-state index contributed by atoms with van der Waals surface area (Å²) in [4.78, 5) is 11.4. The topological polar surface area (TPSA) is 67.1 Å². The number of aromatic nitrogens is 2. The zero-order valence-corrected chi connectivity index (χ0v) is 12.0. The number of aryl methyl sites for hydroxylation is 1. The lowest BCUT2D eigenvalue weighted by atomic mass is 10.2. The minimum absolute atomic E-state index is 0.731. The van der Waals surface area contributed by atoms with Crippen molar-refractivity contribution in [3.8, 4) is 0 Å². The van der Waals surface area contributed by atoms with Gasteiger partial charge in [-0.15, -0.1) is 0 Å². The number of anilines is 2. The molecule has 0 fully saturated rings. The first-order valence-corrected chi connectivity index (χ1v) is 6.76. The number of nitrogens with one attached hydrogen (secondary N) is 1. The molecule has 0 unspecified atom stereocenters. The van der Waals surface area contributed by atoms with Crippen LogP contribution in [0.5, 0.6) is 0 Å². The van der Waals surface area contributed by atoms with Crippen LogP contribution in [0.4, 0.5) is 11.6 Å². The number of hydrogen-bond donors (Lipinski definition) is 2. The predicted molar refractivity (Wildman–Crippen MR) is 76.8 cm³/mol. The van der Waals surface area contributed by atoms with Gasteiger partial charge in [0, 0.05) is 25.1 Å². The molecule has 1 aromatic rings. The van der Waals surface area contributed by atoms with Crippen molar-refractivity contribution in [3.05, 3.63) is 11.4 Å². The average molecular weight is 251 g/mol. The van der Waals surface area contributed by atoms with E-state index in [1.807, 2.05) is 6.92 Å². The van der Waals surface area contributed by atoms with Gasteiger partial charge in [-0.2, -0.15) is 0 Å². The van der Waals surface area contributed by atoms with Crippen molar-refractivity contribution in [1.82, 2.24) is 9.97 Å². The van der Waals surface area contributed by atoms with Gasteiger partial charge in [-0.1, -0.05) is 20.8 Å². The third-order valence-electron chi connectivity index (χ3n) is 2.91. The van der Waals surface area contributed by atoms with Crippen molar-refractivity contribution < 1.29 is 0 Å². The van der Waals surface area contributed by atoms with Crippen LogP contribution in [0.25, 0.3) is 0 Å². The molecule has 3 N–H and O–H groups in total. The summed E-state index contributed by atoms with van der Waals surface area (Å²) in [6, 6.07) is 0. The first kappa shape index (κ1) is 14.7. The maximum atomic E-state index is 5.53.